The Bertz CT molecular complexity index is 1090. The SMILES string of the molecule is CC(C)N(CCn1c(SCCC(=O)Nc2ccccc2)nc2ccccc2c1=O)C(C)C. The number of rotatable bonds is 10. The van der Waals surface area contributed by atoms with Crippen molar-refractivity contribution in [1.82, 2.24) is 14.5 Å². The monoisotopic (exact) mass is 452 g/mol. The van der Waals surface area contributed by atoms with E-state index in [0.29, 0.717) is 46.9 Å². The lowest BCUT2D eigenvalue weighted by Gasteiger charge is -2.30. The second kappa shape index (κ2) is 11.3. The van der Waals surface area contributed by atoms with Gasteiger partial charge in [0.1, 0.15) is 0 Å². The van der Waals surface area contributed by atoms with Crippen LogP contribution < -0.4 is 10.9 Å². The predicted octanol–water partition coefficient (Wildman–Crippen LogP) is 4.64. The Labute approximate surface area is 194 Å². The molecule has 1 amide bonds. The summed E-state index contributed by atoms with van der Waals surface area (Å²) in [7, 11) is 0. The third-order valence-corrected chi connectivity index (χ3v) is 6.33. The summed E-state index contributed by atoms with van der Waals surface area (Å²) in [4.78, 5) is 32.7. The Morgan fingerprint density at radius 1 is 1.03 bits per heavy atom. The van der Waals surface area contributed by atoms with Crippen molar-refractivity contribution in [3.05, 3.63) is 65.0 Å². The van der Waals surface area contributed by atoms with Crippen LogP contribution in [-0.4, -0.2) is 44.7 Å². The van der Waals surface area contributed by atoms with E-state index >= 15 is 0 Å². The molecule has 6 nitrogen and oxygen atoms in total. The third kappa shape index (κ3) is 6.20. The lowest BCUT2D eigenvalue weighted by atomic mass is 10.2. The molecule has 0 unspecified atom stereocenters. The zero-order chi connectivity index (χ0) is 23.1. The van der Waals surface area contributed by atoms with E-state index in [-0.39, 0.29) is 11.5 Å². The minimum Gasteiger partial charge on any atom is -0.326 e. The lowest BCUT2D eigenvalue weighted by molar-refractivity contribution is -0.115. The number of amides is 1. The van der Waals surface area contributed by atoms with Crippen LogP contribution in [-0.2, 0) is 11.3 Å². The van der Waals surface area contributed by atoms with Crippen molar-refractivity contribution in [2.75, 3.05) is 17.6 Å². The van der Waals surface area contributed by atoms with Crippen LogP contribution in [0.15, 0.2) is 64.5 Å². The van der Waals surface area contributed by atoms with Crippen molar-refractivity contribution in [3.8, 4) is 0 Å². The number of hydrogen-bond acceptors (Lipinski definition) is 5. The first kappa shape index (κ1) is 24.0. The van der Waals surface area contributed by atoms with Crippen molar-refractivity contribution >= 4 is 34.3 Å². The fourth-order valence-corrected chi connectivity index (χ4v) is 4.73. The number of hydrogen-bond donors (Lipinski definition) is 1. The van der Waals surface area contributed by atoms with Gasteiger partial charge in [0, 0.05) is 43.0 Å². The van der Waals surface area contributed by atoms with E-state index in [9.17, 15) is 9.59 Å². The van der Waals surface area contributed by atoms with Gasteiger partial charge in [0.15, 0.2) is 5.16 Å². The molecule has 0 atom stereocenters. The molecule has 0 saturated heterocycles. The fraction of sp³-hybridized carbons (Fsp3) is 0.400. The molecule has 3 rings (SSSR count). The van der Waals surface area contributed by atoms with E-state index < -0.39 is 0 Å². The van der Waals surface area contributed by atoms with E-state index in [1.807, 2.05) is 54.6 Å². The Hall–Kier alpha value is -2.64. The first-order valence-corrected chi connectivity index (χ1v) is 12.1. The van der Waals surface area contributed by atoms with E-state index in [4.69, 9.17) is 4.98 Å². The summed E-state index contributed by atoms with van der Waals surface area (Å²) >= 11 is 1.46. The van der Waals surface area contributed by atoms with Crippen molar-refractivity contribution in [2.45, 2.75) is 57.9 Å². The van der Waals surface area contributed by atoms with Crippen LogP contribution in [0, 0.1) is 0 Å². The van der Waals surface area contributed by atoms with Crippen molar-refractivity contribution in [2.24, 2.45) is 0 Å². The van der Waals surface area contributed by atoms with Crippen molar-refractivity contribution in [3.63, 3.8) is 0 Å². The van der Waals surface area contributed by atoms with Crippen LogP contribution in [0.3, 0.4) is 0 Å². The van der Waals surface area contributed by atoms with Crippen molar-refractivity contribution < 1.29 is 4.79 Å². The molecule has 3 aromatic rings. The van der Waals surface area contributed by atoms with E-state index in [0.717, 1.165) is 12.2 Å². The number of benzene rings is 2. The maximum absolute atomic E-state index is 13.3. The van der Waals surface area contributed by atoms with Gasteiger partial charge in [0.2, 0.25) is 5.91 Å². The average molecular weight is 453 g/mol. The molecule has 1 heterocycles. The summed E-state index contributed by atoms with van der Waals surface area (Å²) in [5.74, 6) is 0.491. The molecule has 1 N–H and O–H groups in total. The number of aromatic nitrogens is 2. The van der Waals surface area contributed by atoms with Crippen LogP contribution in [0.1, 0.15) is 34.1 Å². The van der Waals surface area contributed by atoms with Crippen LogP contribution in [0.4, 0.5) is 5.69 Å². The molecule has 0 saturated carbocycles. The summed E-state index contributed by atoms with van der Waals surface area (Å²) in [5, 5.41) is 4.19. The molecular formula is C25H32N4O2S. The second-order valence-corrected chi connectivity index (χ2v) is 9.37. The van der Waals surface area contributed by atoms with Gasteiger partial charge in [-0.2, -0.15) is 0 Å². The summed E-state index contributed by atoms with van der Waals surface area (Å²) in [6.07, 6.45) is 0.340. The number of para-hydroxylation sites is 2. The van der Waals surface area contributed by atoms with Crippen LogP contribution in [0.5, 0.6) is 0 Å². The number of fused-ring (bicyclic) bond motifs is 1. The highest BCUT2D eigenvalue weighted by Gasteiger charge is 2.17. The number of nitrogens with one attached hydrogen (secondary N) is 1. The van der Waals surface area contributed by atoms with Gasteiger partial charge >= 0.3 is 0 Å². The van der Waals surface area contributed by atoms with Gasteiger partial charge in [0.25, 0.3) is 5.56 Å². The van der Waals surface area contributed by atoms with Gasteiger partial charge in [-0.05, 0) is 52.0 Å². The number of anilines is 1. The smallest absolute Gasteiger partial charge is 0.262 e. The predicted molar refractivity (Wildman–Crippen MR) is 133 cm³/mol. The molecule has 7 heteroatoms. The van der Waals surface area contributed by atoms with E-state index in [2.05, 4.69) is 37.9 Å². The summed E-state index contributed by atoms with van der Waals surface area (Å²) in [5.41, 5.74) is 1.44. The minimum atomic E-state index is -0.0517. The van der Waals surface area contributed by atoms with Crippen LogP contribution in [0.2, 0.25) is 0 Å². The molecule has 2 aromatic carbocycles. The van der Waals surface area contributed by atoms with Crippen LogP contribution in [0.25, 0.3) is 10.9 Å². The van der Waals surface area contributed by atoms with E-state index in [1.54, 1.807) is 4.57 Å². The maximum atomic E-state index is 13.3. The fourth-order valence-electron chi connectivity index (χ4n) is 3.76. The lowest BCUT2D eigenvalue weighted by Crippen LogP contribution is -2.40. The average Bonchev–Trinajstić information content (AvgIpc) is 2.76. The molecule has 0 aliphatic carbocycles. The highest BCUT2D eigenvalue weighted by atomic mass is 32.2. The van der Waals surface area contributed by atoms with Gasteiger partial charge in [-0.3, -0.25) is 19.1 Å². The van der Waals surface area contributed by atoms with Gasteiger partial charge in [-0.25, -0.2) is 4.98 Å². The quantitative estimate of drug-likeness (QED) is 0.359. The molecule has 32 heavy (non-hydrogen) atoms. The third-order valence-electron chi connectivity index (χ3n) is 5.35. The molecule has 0 aliphatic rings. The molecule has 0 bridgehead atoms. The molecule has 1 aromatic heterocycles. The van der Waals surface area contributed by atoms with E-state index in [1.165, 1.54) is 11.8 Å². The second-order valence-electron chi connectivity index (χ2n) is 8.31. The summed E-state index contributed by atoms with van der Waals surface area (Å²) in [6, 6.07) is 17.6. The Kier molecular flexibility index (Phi) is 8.47. The highest BCUT2D eigenvalue weighted by Crippen LogP contribution is 2.19. The van der Waals surface area contributed by atoms with Gasteiger partial charge < -0.3 is 5.32 Å². The minimum absolute atomic E-state index is 0.0284. The number of carbonyl (C=O) groups excluding carboxylic acids is 1. The first-order chi connectivity index (χ1) is 15.4. The molecule has 0 radical (unpaired) electrons. The maximum Gasteiger partial charge on any atom is 0.262 e. The van der Waals surface area contributed by atoms with Gasteiger partial charge in [-0.1, -0.05) is 42.1 Å². The normalized spacial score (nSPS) is 11.6. The molecule has 0 spiro atoms. The Balaban J connectivity index is 1.76. The topological polar surface area (TPSA) is 67.2 Å². The molecule has 170 valence electrons. The summed E-state index contributed by atoms with van der Waals surface area (Å²) < 4.78 is 1.76. The van der Waals surface area contributed by atoms with Crippen LogP contribution >= 0.6 is 11.8 Å². The number of nitrogens with zero attached hydrogens (tertiary/aromatic N) is 3. The molecule has 0 fully saturated rings. The largest absolute Gasteiger partial charge is 0.326 e. The molecular weight excluding hydrogens is 420 g/mol. The highest BCUT2D eigenvalue weighted by molar-refractivity contribution is 7.99. The zero-order valence-electron chi connectivity index (χ0n) is 19.2. The Morgan fingerprint density at radius 3 is 2.38 bits per heavy atom. The first-order valence-electron chi connectivity index (χ1n) is 11.1. The number of carbonyl (C=O) groups is 1. The van der Waals surface area contributed by atoms with Gasteiger partial charge in [-0.15, -0.1) is 0 Å². The Morgan fingerprint density at radius 2 is 1.69 bits per heavy atom. The van der Waals surface area contributed by atoms with Crippen molar-refractivity contribution in [1.29, 1.82) is 0 Å². The summed E-state index contributed by atoms with van der Waals surface area (Å²) in [6.45, 7) is 10.00. The zero-order valence-corrected chi connectivity index (χ0v) is 20.1. The standard InChI is InChI=1S/C25H32N4O2S/c1-18(2)28(19(3)4)15-16-29-24(31)21-12-8-9-13-22(21)27-25(29)32-17-14-23(30)26-20-10-6-5-7-11-20/h5-13,18-19H,14-17H2,1-4H3,(H,26,30). The molecule has 0 aliphatic heterocycles. The number of thioether (sulfide) groups is 1. The van der Waals surface area contributed by atoms with Gasteiger partial charge in [0.05, 0.1) is 10.9 Å².